The number of hydrogen-bond donors (Lipinski definition) is 6. The van der Waals surface area contributed by atoms with Crippen molar-refractivity contribution in [3.63, 3.8) is 0 Å². The molecule has 8 nitrogen and oxygen atoms in total. The molecule has 1 aliphatic heterocycles. The summed E-state index contributed by atoms with van der Waals surface area (Å²) in [5, 5.41) is 40.3. The molecule has 2 aromatic carbocycles. The number of halogens is 3. The van der Waals surface area contributed by atoms with Gasteiger partial charge in [0.2, 0.25) is 11.6 Å². The van der Waals surface area contributed by atoms with E-state index in [1.54, 1.807) is 6.07 Å². The Labute approximate surface area is 214 Å². The number of aliphatic hydroxyl groups excluding tert-OH is 3. The molecule has 0 aliphatic carbocycles. The molecule has 30 heavy (non-hydrogen) atoms. The number of nitrogen functional groups attached to an aromatic ring is 1. The first-order chi connectivity index (χ1) is 14.4. The summed E-state index contributed by atoms with van der Waals surface area (Å²) >= 11 is 6.52. The highest BCUT2D eigenvalue weighted by molar-refractivity contribution is 14.1. The number of hydrogen-bond acceptors (Lipinski definition) is 8. The molecule has 0 amide bonds. The van der Waals surface area contributed by atoms with Crippen LogP contribution in [0.25, 0.3) is 11.1 Å². The van der Waals surface area contributed by atoms with Gasteiger partial charge in [-0.25, -0.2) is 0 Å². The molecule has 0 bridgehead atoms. The van der Waals surface area contributed by atoms with E-state index in [2.05, 4.69) is 67.8 Å². The summed E-state index contributed by atoms with van der Waals surface area (Å²) in [6.07, 6.45) is -4.76. The highest BCUT2D eigenvalue weighted by Gasteiger charge is 2.56. The van der Waals surface area contributed by atoms with E-state index in [1.165, 1.54) is 6.07 Å². The highest BCUT2D eigenvalue weighted by atomic mass is 127. The van der Waals surface area contributed by atoms with Crippen molar-refractivity contribution < 1.29 is 31.3 Å². The highest BCUT2D eigenvalue weighted by Crippen LogP contribution is 2.36. The number of rotatable bonds is 4. The molecule has 2 aromatic rings. The van der Waals surface area contributed by atoms with Gasteiger partial charge in [-0.2, -0.15) is 0 Å². The second-order valence-corrected chi connectivity index (χ2v) is 10.4. The number of ketones is 1. The van der Waals surface area contributed by atoms with Gasteiger partial charge in [0.15, 0.2) is 0 Å². The smallest absolute Gasteiger partial charge is 0.250 e. The van der Waals surface area contributed by atoms with Gasteiger partial charge in [0.05, 0.1) is 14.0 Å². The number of anilines is 1. The van der Waals surface area contributed by atoms with Crippen LogP contribution in [-0.4, -0.2) is 63.0 Å². The second kappa shape index (κ2) is 9.38. The molecule has 1 saturated heterocycles. The van der Waals surface area contributed by atoms with Crippen molar-refractivity contribution in [3.05, 3.63) is 46.6 Å². The number of carbonyl (C=O) groups is 1. The van der Waals surface area contributed by atoms with E-state index >= 15 is 0 Å². The van der Waals surface area contributed by atoms with Gasteiger partial charge >= 0.3 is 0 Å². The lowest BCUT2D eigenvalue weighted by Gasteiger charge is -2.45. The van der Waals surface area contributed by atoms with Crippen LogP contribution in [0.1, 0.15) is 11.7 Å². The fourth-order valence-corrected chi connectivity index (χ4v) is 7.40. The fourth-order valence-electron chi connectivity index (χ4n) is 3.24. The van der Waals surface area contributed by atoms with Gasteiger partial charge in [-0.05, 0) is 97.6 Å². The third-order valence-electron chi connectivity index (χ3n) is 4.88. The Bertz CT molecular complexity index is 1020. The zero-order valence-electron chi connectivity index (χ0n) is 16.2. The minimum absolute atomic E-state index is 0.116. The second-order valence-electron chi connectivity index (χ2n) is 6.82. The first kappa shape index (κ1) is 23.0. The average Bonchev–Trinajstić information content (AvgIpc) is 2.71. The summed E-state index contributed by atoms with van der Waals surface area (Å²) in [4.78, 5) is 13.1. The van der Waals surface area contributed by atoms with Gasteiger partial charge in [0.1, 0.15) is 18.3 Å². The van der Waals surface area contributed by atoms with Crippen LogP contribution in [0.3, 0.4) is 0 Å². The topological polar surface area (TPSA) is 159 Å². The van der Waals surface area contributed by atoms with E-state index in [0.717, 1.165) is 16.3 Å². The summed E-state index contributed by atoms with van der Waals surface area (Å²) in [6.45, 7) is -0.762. The van der Waals surface area contributed by atoms with Crippen LogP contribution in [0.15, 0.2) is 30.3 Å². The normalized spacial score (nSPS) is 29.5. The first-order valence-corrected chi connectivity index (χ1v) is 11.9. The number of ether oxygens (including phenoxy) is 1. The van der Waals surface area contributed by atoms with Gasteiger partial charge in [-0.15, -0.1) is 0 Å². The zero-order valence-corrected chi connectivity index (χ0v) is 21.7. The fraction of sp³-hybridized carbons (Fsp3) is 0.316. The Morgan fingerprint density at radius 2 is 1.80 bits per heavy atom. The molecular weight excluding hydrogens is 733 g/mol. The number of nitrogens with two attached hydrogens (primary N) is 2. The molecular formula is C19H19I3N2O6. The Morgan fingerprint density at radius 1 is 1.20 bits per heavy atom. The molecule has 11 heteroatoms. The van der Waals surface area contributed by atoms with Gasteiger partial charge < -0.3 is 36.6 Å². The molecule has 8 N–H and O–H groups in total. The van der Waals surface area contributed by atoms with Crippen molar-refractivity contribution in [1.82, 2.24) is 0 Å². The monoisotopic (exact) mass is 753 g/mol. The first-order valence-electron chi connectivity index (χ1n) is 9.15. The van der Waals surface area contributed by atoms with Crippen molar-refractivity contribution in [2.75, 3.05) is 12.3 Å². The lowest BCUT2D eigenvalue weighted by molar-refractivity contribution is -0.286. The van der Waals surface area contributed by atoms with Crippen LogP contribution in [0, 0.1) is 10.7 Å². The van der Waals surface area contributed by atoms with Crippen molar-refractivity contribution in [1.29, 1.82) is 0 Å². The summed E-state index contributed by atoms with van der Waals surface area (Å²) in [5.74, 6) is -3.83. The third-order valence-corrected chi connectivity index (χ3v) is 7.21. The number of benzene rings is 2. The maximum Gasteiger partial charge on any atom is 0.250 e. The molecule has 5 atom stereocenters. The predicted octanol–water partition coefficient (Wildman–Crippen LogP) is 1.06. The SMILES string of the molecule is [2H]c1c(-c2c(I)cc(I)cc2I)ccc(C(=O)C2(O)O[C@H](CO)[C@@H](O)[C@H](O)[C@H]2N)c1N. The van der Waals surface area contributed by atoms with Crippen molar-refractivity contribution >= 4 is 79.2 Å². The van der Waals surface area contributed by atoms with E-state index in [1.807, 2.05) is 12.1 Å². The van der Waals surface area contributed by atoms with E-state index in [0.29, 0.717) is 5.56 Å². The average molecular weight is 753 g/mol. The molecule has 1 heterocycles. The molecule has 0 spiro atoms. The molecule has 0 saturated carbocycles. The predicted molar refractivity (Wildman–Crippen MR) is 136 cm³/mol. The Hall–Kier alpha value is -0.140. The van der Waals surface area contributed by atoms with Crippen LogP contribution in [-0.2, 0) is 4.74 Å². The number of aliphatic hydroxyl groups is 4. The largest absolute Gasteiger partial charge is 0.398 e. The van der Waals surface area contributed by atoms with Gasteiger partial charge in [0.25, 0.3) is 0 Å². The summed E-state index contributed by atoms with van der Waals surface area (Å²) in [6, 6.07) is 4.98. The Balaban J connectivity index is 2.07. The minimum atomic E-state index is -2.75. The van der Waals surface area contributed by atoms with E-state index in [4.69, 9.17) is 17.6 Å². The molecule has 1 fully saturated rings. The summed E-state index contributed by atoms with van der Waals surface area (Å²) in [5.41, 5.74) is 12.8. The maximum atomic E-state index is 13.1. The minimum Gasteiger partial charge on any atom is -0.398 e. The van der Waals surface area contributed by atoms with Gasteiger partial charge in [0, 0.05) is 27.5 Å². The lowest BCUT2D eigenvalue weighted by Crippen LogP contribution is -2.71. The quantitative estimate of drug-likeness (QED) is 0.154. The van der Waals surface area contributed by atoms with Crippen molar-refractivity contribution in [2.45, 2.75) is 30.1 Å². The maximum absolute atomic E-state index is 13.1. The molecule has 1 unspecified atom stereocenters. The molecule has 0 radical (unpaired) electrons. The van der Waals surface area contributed by atoms with Crippen LogP contribution in [0.5, 0.6) is 0 Å². The van der Waals surface area contributed by atoms with Crippen LogP contribution < -0.4 is 11.5 Å². The van der Waals surface area contributed by atoms with E-state index < -0.39 is 42.5 Å². The summed E-state index contributed by atoms with van der Waals surface area (Å²) < 4.78 is 16.6. The summed E-state index contributed by atoms with van der Waals surface area (Å²) in [7, 11) is 0. The number of Topliss-reactive ketones (excluding diaryl/α,β-unsaturated/α-hetero) is 1. The van der Waals surface area contributed by atoms with E-state index in [-0.39, 0.29) is 17.3 Å². The van der Waals surface area contributed by atoms with Gasteiger partial charge in [-0.1, -0.05) is 6.07 Å². The Kier molecular flexibility index (Phi) is 7.20. The Morgan fingerprint density at radius 3 is 2.37 bits per heavy atom. The van der Waals surface area contributed by atoms with Crippen LogP contribution in [0.4, 0.5) is 5.69 Å². The van der Waals surface area contributed by atoms with E-state index in [9.17, 15) is 25.2 Å². The molecule has 3 rings (SSSR count). The van der Waals surface area contributed by atoms with Crippen LogP contribution >= 0.6 is 67.8 Å². The standard InChI is InChI=1S/C19H19I3N2O6/c20-8-4-10(21)14(11(22)5-8)7-1-2-9(12(23)3-7)18(28)19(29)17(24)16(27)15(26)13(6-25)30-19/h1-5,13,15-17,25-27,29H,6,23-24H2/t13-,15-,16+,17-,19?/m1/s1/i3D. The van der Waals surface area contributed by atoms with Crippen LogP contribution in [0.2, 0.25) is 0 Å². The van der Waals surface area contributed by atoms with Crippen molar-refractivity contribution in [2.24, 2.45) is 5.73 Å². The lowest BCUT2D eigenvalue weighted by atomic mass is 9.85. The third kappa shape index (κ3) is 4.36. The molecule has 0 aromatic heterocycles. The molecule has 162 valence electrons. The zero-order chi connectivity index (χ0) is 23.2. The van der Waals surface area contributed by atoms with Gasteiger partial charge in [-0.3, -0.25) is 4.79 Å². The number of carbonyl (C=O) groups excluding carboxylic acids is 1. The molecule has 1 aliphatic rings. The van der Waals surface area contributed by atoms with Crippen molar-refractivity contribution in [3.8, 4) is 11.1 Å².